The number of fused-ring (bicyclic) bond motifs is 1. The molecule has 1 amide bonds. The van der Waals surface area contributed by atoms with Gasteiger partial charge in [-0.15, -0.1) is 16.4 Å². The van der Waals surface area contributed by atoms with Crippen molar-refractivity contribution < 1.29 is 4.79 Å². The number of nitrogens with one attached hydrogen (secondary N) is 1. The lowest BCUT2D eigenvalue weighted by Crippen LogP contribution is -2.43. The SMILES string of the molecule is CN1CCN(Cc2ccc(CNC(=O)c3cc(-c4ccc5nc(N)nn5c4)cs3)cc2)CC1. The first-order valence-corrected chi connectivity index (χ1v) is 11.9. The average Bonchev–Trinajstić information content (AvgIpc) is 3.45. The number of pyridine rings is 1. The predicted molar refractivity (Wildman–Crippen MR) is 131 cm³/mol. The van der Waals surface area contributed by atoms with E-state index < -0.39 is 0 Å². The predicted octanol–water partition coefficient (Wildman–Crippen LogP) is 2.72. The maximum absolute atomic E-state index is 12.7. The van der Waals surface area contributed by atoms with Gasteiger partial charge >= 0.3 is 0 Å². The van der Waals surface area contributed by atoms with Crippen molar-refractivity contribution >= 4 is 28.8 Å². The Morgan fingerprint density at radius 1 is 1.06 bits per heavy atom. The molecule has 3 aromatic heterocycles. The molecule has 9 heteroatoms. The second-order valence-electron chi connectivity index (χ2n) is 8.47. The van der Waals surface area contributed by atoms with Crippen LogP contribution in [0.25, 0.3) is 16.8 Å². The van der Waals surface area contributed by atoms with Gasteiger partial charge in [0.05, 0.1) is 4.88 Å². The van der Waals surface area contributed by atoms with Crippen LogP contribution in [0.15, 0.2) is 54.0 Å². The van der Waals surface area contributed by atoms with Crippen LogP contribution in [0.2, 0.25) is 0 Å². The number of rotatable bonds is 6. The molecule has 33 heavy (non-hydrogen) atoms. The second-order valence-corrected chi connectivity index (χ2v) is 9.38. The Morgan fingerprint density at radius 3 is 2.61 bits per heavy atom. The smallest absolute Gasteiger partial charge is 0.261 e. The molecule has 5 rings (SSSR count). The summed E-state index contributed by atoms with van der Waals surface area (Å²) < 4.78 is 1.65. The number of carbonyl (C=O) groups excluding carboxylic acids is 1. The minimum atomic E-state index is -0.0705. The number of likely N-dealkylation sites (N-methyl/N-ethyl adjacent to an activating group) is 1. The molecule has 0 bridgehead atoms. The fourth-order valence-corrected chi connectivity index (χ4v) is 4.81. The lowest BCUT2D eigenvalue weighted by atomic mass is 10.1. The van der Waals surface area contributed by atoms with Crippen LogP contribution in [0.1, 0.15) is 20.8 Å². The van der Waals surface area contributed by atoms with Gasteiger partial charge in [0.2, 0.25) is 5.95 Å². The lowest BCUT2D eigenvalue weighted by Gasteiger charge is -2.32. The Bertz CT molecular complexity index is 1260. The van der Waals surface area contributed by atoms with Gasteiger partial charge in [-0.1, -0.05) is 24.3 Å². The van der Waals surface area contributed by atoms with Gasteiger partial charge in [0, 0.05) is 51.0 Å². The summed E-state index contributed by atoms with van der Waals surface area (Å²) >= 11 is 1.43. The molecular weight excluding hydrogens is 434 g/mol. The maximum Gasteiger partial charge on any atom is 0.261 e. The van der Waals surface area contributed by atoms with Gasteiger partial charge in [-0.05, 0) is 47.3 Å². The number of hydrogen-bond donors (Lipinski definition) is 2. The van der Waals surface area contributed by atoms with Crippen LogP contribution in [0, 0.1) is 0 Å². The van der Waals surface area contributed by atoms with Gasteiger partial charge in [0.25, 0.3) is 5.91 Å². The average molecular weight is 462 g/mol. The summed E-state index contributed by atoms with van der Waals surface area (Å²) in [7, 11) is 2.17. The van der Waals surface area contributed by atoms with Crippen LogP contribution in [-0.2, 0) is 13.1 Å². The fraction of sp³-hybridized carbons (Fsp3) is 0.292. The van der Waals surface area contributed by atoms with E-state index in [0.29, 0.717) is 17.1 Å². The number of aromatic nitrogens is 3. The van der Waals surface area contributed by atoms with E-state index in [-0.39, 0.29) is 11.9 Å². The summed E-state index contributed by atoms with van der Waals surface area (Å²) in [6, 6.07) is 14.3. The largest absolute Gasteiger partial charge is 0.366 e. The van der Waals surface area contributed by atoms with E-state index >= 15 is 0 Å². The van der Waals surface area contributed by atoms with Gasteiger partial charge in [-0.25, -0.2) is 4.52 Å². The standard InChI is InChI=1S/C24H27N7OS/c1-29-8-10-30(11-9-29)14-18-4-2-17(3-5-18)13-26-23(32)21-12-20(16-33-21)19-6-7-22-27-24(25)28-31(22)15-19/h2-7,12,15-16H,8-11,13-14H2,1H3,(H2,25,28)(H,26,32). The third kappa shape index (κ3) is 5.05. The zero-order valence-electron chi connectivity index (χ0n) is 18.6. The van der Waals surface area contributed by atoms with Gasteiger partial charge < -0.3 is 16.0 Å². The first-order valence-electron chi connectivity index (χ1n) is 11.0. The number of amides is 1. The Morgan fingerprint density at radius 2 is 1.82 bits per heavy atom. The van der Waals surface area contributed by atoms with Crippen LogP contribution in [0.5, 0.6) is 0 Å². The Labute approximate surface area is 196 Å². The monoisotopic (exact) mass is 461 g/mol. The summed E-state index contributed by atoms with van der Waals surface area (Å²) in [5.74, 6) is 0.170. The number of thiophene rings is 1. The number of nitrogens with two attached hydrogens (primary N) is 1. The number of carbonyl (C=O) groups is 1. The second kappa shape index (κ2) is 9.30. The molecule has 1 aromatic carbocycles. The normalized spacial score (nSPS) is 15.2. The first-order chi connectivity index (χ1) is 16.0. The van der Waals surface area contributed by atoms with Gasteiger partial charge in [0.1, 0.15) is 0 Å². The summed E-state index contributed by atoms with van der Waals surface area (Å²) in [5, 5.41) is 9.15. The van der Waals surface area contributed by atoms with Crippen molar-refractivity contribution in [1.29, 1.82) is 0 Å². The minimum absolute atomic E-state index is 0.0705. The number of anilines is 1. The Balaban J connectivity index is 1.17. The molecule has 0 saturated carbocycles. The van der Waals surface area contributed by atoms with Crippen LogP contribution in [0.4, 0.5) is 5.95 Å². The zero-order chi connectivity index (χ0) is 22.8. The molecule has 0 spiro atoms. The molecule has 170 valence electrons. The minimum Gasteiger partial charge on any atom is -0.366 e. The Kier molecular flexibility index (Phi) is 6.08. The molecule has 1 aliphatic heterocycles. The van der Waals surface area contributed by atoms with Crippen LogP contribution >= 0.6 is 11.3 Å². The van der Waals surface area contributed by atoms with E-state index in [1.54, 1.807) is 4.52 Å². The number of benzene rings is 1. The van der Waals surface area contributed by atoms with E-state index in [2.05, 4.69) is 56.5 Å². The molecule has 0 atom stereocenters. The van der Waals surface area contributed by atoms with Gasteiger partial charge in [-0.3, -0.25) is 9.69 Å². The molecule has 0 unspecified atom stereocenters. The van der Waals surface area contributed by atoms with E-state index in [0.717, 1.165) is 49.4 Å². The van der Waals surface area contributed by atoms with Crippen molar-refractivity contribution in [2.24, 2.45) is 0 Å². The van der Waals surface area contributed by atoms with E-state index in [1.807, 2.05) is 29.8 Å². The molecule has 1 aliphatic rings. The highest BCUT2D eigenvalue weighted by Gasteiger charge is 2.14. The van der Waals surface area contributed by atoms with E-state index in [9.17, 15) is 4.79 Å². The van der Waals surface area contributed by atoms with E-state index in [1.165, 1.54) is 16.9 Å². The van der Waals surface area contributed by atoms with E-state index in [4.69, 9.17) is 5.73 Å². The van der Waals surface area contributed by atoms with Crippen molar-refractivity contribution in [3.8, 4) is 11.1 Å². The third-order valence-electron chi connectivity index (χ3n) is 5.98. The molecule has 1 fully saturated rings. The maximum atomic E-state index is 12.7. The highest BCUT2D eigenvalue weighted by Crippen LogP contribution is 2.26. The molecule has 3 N–H and O–H groups in total. The number of nitrogens with zero attached hydrogens (tertiary/aromatic N) is 5. The molecule has 4 aromatic rings. The summed E-state index contributed by atoms with van der Waals surface area (Å²) in [6.07, 6.45) is 1.87. The number of nitrogen functional groups attached to an aromatic ring is 1. The zero-order valence-corrected chi connectivity index (χ0v) is 19.4. The van der Waals surface area contributed by atoms with Crippen LogP contribution in [0.3, 0.4) is 0 Å². The van der Waals surface area contributed by atoms with Gasteiger partial charge in [-0.2, -0.15) is 4.98 Å². The molecule has 1 saturated heterocycles. The van der Waals surface area contributed by atoms with Crippen molar-refractivity contribution in [3.05, 3.63) is 70.0 Å². The molecule has 0 aliphatic carbocycles. The van der Waals surface area contributed by atoms with Crippen molar-refractivity contribution in [3.63, 3.8) is 0 Å². The Hall–Kier alpha value is -3.27. The summed E-state index contributed by atoms with van der Waals surface area (Å²) in [4.78, 5) is 22.3. The van der Waals surface area contributed by atoms with Crippen molar-refractivity contribution in [2.75, 3.05) is 39.0 Å². The van der Waals surface area contributed by atoms with Gasteiger partial charge in [0.15, 0.2) is 5.65 Å². The molecule has 8 nitrogen and oxygen atoms in total. The van der Waals surface area contributed by atoms with Crippen LogP contribution < -0.4 is 11.1 Å². The molecular formula is C24H27N7OS. The number of hydrogen-bond acceptors (Lipinski definition) is 7. The summed E-state index contributed by atoms with van der Waals surface area (Å²) in [5.41, 5.74) is 10.7. The fourth-order valence-electron chi connectivity index (χ4n) is 3.97. The molecule has 0 radical (unpaired) electrons. The van der Waals surface area contributed by atoms with Crippen molar-refractivity contribution in [2.45, 2.75) is 13.1 Å². The highest BCUT2D eigenvalue weighted by molar-refractivity contribution is 7.12. The molecule has 4 heterocycles. The highest BCUT2D eigenvalue weighted by atomic mass is 32.1. The quantitative estimate of drug-likeness (QED) is 0.459. The van der Waals surface area contributed by atoms with Crippen molar-refractivity contribution in [1.82, 2.24) is 29.7 Å². The lowest BCUT2D eigenvalue weighted by molar-refractivity contribution is 0.0955. The van der Waals surface area contributed by atoms with Crippen LogP contribution in [-0.4, -0.2) is 63.5 Å². The topological polar surface area (TPSA) is 91.8 Å². The third-order valence-corrected chi connectivity index (χ3v) is 6.91. The summed E-state index contributed by atoms with van der Waals surface area (Å²) in [6.45, 7) is 5.95. The first kappa shape index (κ1) is 21.6. The number of piperazine rings is 1.